The molecule has 14 heavy (non-hydrogen) atoms. The first-order chi connectivity index (χ1) is 6.80. The van der Waals surface area contributed by atoms with E-state index in [0.717, 1.165) is 17.8 Å². The molecule has 0 aliphatic heterocycles. The van der Waals surface area contributed by atoms with Gasteiger partial charge < -0.3 is 0 Å². The lowest BCUT2D eigenvalue weighted by atomic mass is 9.72. The molecular formula is C14H28. The maximum absolute atomic E-state index is 2.30. The summed E-state index contributed by atoms with van der Waals surface area (Å²) >= 11 is 0. The quantitative estimate of drug-likeness (QED) is 0.594. The molecule has 0 heterocycles. The summed E-state index contributed by atoms with van der Waals surface area (Å²) in [4.78, 5) is 0. The third kappa shape index (κ3) is 3.63. The van der Waals surface area contributed by atoms with E-state index in [1.807, 2.05) is 0 Å². The molecule has 2 fully saturated rings. The Kier molecular flexibility index (Phi) is 5.59. The lowest BCUT2D eigenvalue weighted by molar-refractivity contribution is 0.183. The van der Waals surface area contributed by atoms with E-state index in [-0.39, 0.29) is 0 Å². The van der Waals surface area contributed by atoms with Crippen molar-refractivity contribution in [1.29, 1.82) is 0 Å². The van der Waals surface area contributed by atoms with Crippen LogP contribution < -0.4 is 0 Å². The number of rotatable bonds is 3. The Morgan fingerprint density at radius 3 is 1.29 bits per heavy atom. The average molecular weight is 196 g/mol. The molecule has 2 aliphatic rings. The molecule has 2 saturated carbocycles. The summed E-state index contributed by atoms with van der Waals surface area (Å²) < 4.78 is 0. The molecule has 0 unspecified atom stereocenters. The fourth-order valence-electron chi connectivity index (χ4n) is 2.44. The normalized spacial score (nSPS) is 31.1. The number of hydrogen-bond donors (Lipinski definition) is 0. The molecule has 0 nitrogen and oxygen atoms in total. The summed E-state index contributed by atoms with van der Waals surface area (Å²) in [7, 11) is 0. The minimum Gasteiger partial charge on any atom is -0.0651 e. The van der Waals surface area contributed by atoms with Crippen LogP contribution in [-0.4, -0.2) is 0 Å². The van der Waals surface area contributed by atoms with Gasteiger partial charge in [-0.05, 0) is 30.6 Å². The van der Waals surface area contributed by atoms with Crippen LogP contribution in [-0.2, 0) is 0 Å². The maximum Gasteiger partial charge on any atom is -0.0412 e. The zero-order valence-corrected chi connectivity index (χ0v) is 10.4. The molecule has 0 saturated heterocycles. The smallest absolute Gasteiger partial charge is 0.0412 e. The Morgan fingerprint density at radius 2 is 1.14 bits per heavy atom. The van der Waals surface area contributed by atoms with Crippen molar-refractivity contribution in [2.75, 3.05) is 0 Å². The molecule has 0 spiro atoms. The third-order valence-electron chi connectivity index (χ3n) is 4.29. The fraction of sp³-hybridized carbons (Fsp3) is 1.00. The van der Waals surface area contributed by atoms with E-state index in [0.29, 0.717) is 0 Å². The predicted molar refractivity (Wildman–Crippen MR) is 64.4 cm³/mol. The lowest BCUT2D eigenvalue weighted by Gasteiger charge is -2.33. The van der Waals surface area contributed by atoms with Gasteiger partial charge in [-0.1, -0.05) is 59.3 Å². The zero-order valence-electron chi connectivity index (χ0n) is 10.4. The topological polar surface area (TPSA) is 0 Å². The third-order valence-corrected chi connectivity index (χ3v) is 4.29. The van der Waals surface area contributed by atoms with Crippen LogP contribution in [0.5, 0.6) is 0 Å². The first-order valence-electron chi connectivity index (χ1n) is 6.80. The van der Waals surface area contributed by atoms with Gasteiger partial charge in [0.1, 0.15) is 0 Å². The first-order valence-corrected chi connectivity index (χ1v) is 6.80. The van der Waals surface area contributed by atoms with Crippen molar-refractivity contribution < 1.29 is 0 Å². The van der Waals surface area contributed by atoms with Crippen molar-refractivity contribution in [2.45, 2.75) is 72.1 Å². The average Bonchev–Trinajstić information content (AvgIpc) is 2.02. The molecule has 0 radical (unpaired) electrons. The van der Waals surface area contributed by atoms with Crippen LogP contribution in [0.25, 0.3) is 0 Å². The Balaban J connectivity index is 0.000000146. The summed E-state index contributed by atoms with van der Waals surface area (Å²) in [5, 5.41) is 0. The van der Waals surface area contributed by atoms with Crippen molar-refractivity contribution in [3.05, 3.63) is 0 Å². The Hall–Kier alpha value is 0. The monoisotopic (exact) mass is 196 g/mol. The van der Waals surface area contributed by atoms with Crippen LogP contribution in [0.2, 0.25) is 0 Å². The second-order valence-electron chi connectivity index (χ2n) is 5.23. The second-order valence-corrected chi connectivity index (χ2v) is 5.23. The molecule has 0 aromatic rings. The zero-order chi connectivity index (χ0) is 10.4. The van der Waals surface area contributed by atoms with E-state index >= 15 is 0 Å². The van der Waals surface area contributed by atoms with Crippen LogP contribution in [0.15, 0.2) is 0 Å². The van der Waals surface area contributed by atoms with Crippen LogP contribution >= 0.6 is 0 Å². The molecule has 0 aromatic carbocycles. The molecule has 84 valence electrons. The van der Waals surface area contributed by atoms with Crippen molar-refractivity contribution >= 4 is 0 Å². The van der Waals surface area contributed by atoms with Gasteiger partial charge in [-0.25, -0.2) is 0 Å². The van der Waals surface area contributed by atoms with Gasteiger partial charge >= 0.3 is 0 Å². The second kappa shape index (κ2) is 6.48. The van der Waals surface area contributed by atoms with Gasteiger partial charge in [0, 0.05) is 0 Å². The van der Waals surface area contributed by atoms with E-state index in [9.17, 15) is 0 Å². The summed E-state index contributed by atoms with van der Waals surface area (Å²) in [5.41, 5.74) is 0. The summed E-state index contributed by atoms with van der Waals surface area (Å²) in [6.07, 6.45) is 11.8. The summed E-state index contributed by atoms with van der Waals surface area (Å²) in [6, 6.07) is 0. The molecular weight excluding hydrogens is 168 g/mol. The van der Waals surface area contributed by atoms with Gasteiger partial charge in [0.2, 0.25) is 0 Å². The van der Waals surface area contributed by atoms with Gasteiger partial charge in [0.15, 0.2) is 0 Å². The van der Waals surface area contributed by atoms with E-state index in [1.54, 1.807) is 0 Å². The SMILES string of the molecule is CCC1CC(CC)C1.CCC1CCC1. The summed E-state index contributed by atoms with van der Waals surface area (Å²) in [6.45, 7) is 6.89. The maximum atomic E-state index is 2.30. The van der Waals surface area contributed by atoms with Crippen molar-refractivity contribution in [3.63, 3.8) is 0 Å². The Bertz CT molecular complexity index is 118. The minimum atomic E-state index is 1.10. The summed E-state index contributed by atoms with van der Waals surface area (Å²) in [5.74, 6) is 3.31. The van der Waals surface area contributed by atoms with Crippen LogP contribution in [0.3, 0.4) is 0 Å². The Labute approximate surface area is 90.5 Å². The lowest BCUT2D eigenvalue weighted by Crippen LogP contribution is -2.21. The molecule has 0 aromatic heterocycles. The van der Waals surface area contributed by atoms with Crippen molar-refractivity contribution in [2.24, 2.45) is 17.8 Å². The van der Waals surface area contributed by atoms with Gasteiger partial charge in [-0.15, -0.1) is 0 Å². The molecule has 2 rings (SSSR count). The minimum absolute atomic E-state index is 1.10. The number of hydrogen-bond acceptors (Lipinski definition) is 0. The first kappa shape index (κ1) is 12.1. The highest BCUT2D eigenvalue weighted by atomic mass is 14.3. The molecule has 0 heteroatoms. The van der Waals surface area contributed by atoms with Crippen LogP contribution in [0, 0.1) is 17.8 Å². The van der Waals surface area contributed by atoms with Crippen LogP contribution in [0.1, 0.15) is 72.1 Å². The van der Waals surface area contributed by atoms with E-state index in [1.165, 1.54) is 51.4 Å². The largest absolute Gasteiger partial charge is 0.0651 e. The predicted octanol–water partition coefficient (Wildman–Crippen LogP) is 5.03. The Morgan fingerprint density at radius 1 is 0.714 bits per heavy atom. The van der Waals surface area contributed by atoms with E-state index < -0.39 is 0 Å². The molecule has 0 atom stereocenters. The van der Waals surface area contributed by atoms with Gasteiger partial charge in [0.25, 0.3) is 0 Å². The van der Waals surface area contributed by atoms with E-state index in [2.05, 4.69) is 20.8 Å². The standard InChI is InChI=1S/C8H16.C6H12/c1-3-7-5-8(4-2)6-7;1-2-6-4-3-5-6/h7-8H,3-6H2,1-2H3;6H,2-5H2,1H3. The van der Waals surface area contributed by atoms with Crippen molar-refractivity contribution in [1.82, 2.24) is 0 Å². The highest BCUT2D eigenvalue weighted by molar-refractivity contribution is 4.76. The van der Waals surface area contributed by atoms with Gasteiger partial charge in [-0.2, -0.15) is 0 Å². The molecule has 0 amide bonds. The highest BCUT2D eigenvalue weighted by Gasteiger charge is 2.25. The van der Waals surface area contributed by atoms with Gasteiger partial charge in [-0.3, -0.25) is 0 Å². The fourth-order valence-corrected chi connectivity index (χ4v) is 2.44. The molecule has 0 bridgehead atoms. The molecule has 2 aliphatic carbocycles. The van der Waals surface area contributed by atoms with Crippen LogP contribution in [0.4, 0.5) is 0 Å². The van der Waals surface area contributed by atoms with E-state index in [4.69, 9.17) is 0 Å². The van der Waals surface area contributed by atoms with Gasteiger partial charge in [0.05, 0.1) is 0 Å². The molecule has 0 N–H and O–H groups in total. The highest BCUT2D eigenvalue weighted by Crippen LogP contribution is 2.37. The van der Waals surface area contributed by atoms with Crippen molar-refractivity contribution in [3.8, 4) is 0 Å².